The molecule has 0 atom stereocenters. The Morgan fingerprint density at radius 1 is 1.24 bits per heavy atom. The van der Waals surface area contributed by atoms with Crippen LogP contribution in [-0.2, 0) is 4.79 Å². The van der Waals surface area contributed by atoms with Crippen LogP contribution in [-0.4, -0.2) is 25.0 Å². The van der Waals surface area contributed by atoms with E-state index >= 15 is 0 Å². The van der Waals surface area contributed by atoms with Gasteiger partial charge < -0.3 is 21.7 Å². The summed E-state index contributed by atoms with van der Waals surface area (Å²) in [4.78, 5) is 22.1. The first-order valence-electron chi connectivity index (χ1n) is 5.29. The van der Waals surface area contributed by atoms with Crippen LogP contribution in [0, 0.1) is 0 Å². The van der Waals surface area contributed by atoms with E-state index in [4.69, 9.17) is 5.73 Å². The minimum atomic E-state index is -0.638. The number of anilines is 2. The molecule has 6 nitrogen and oxygen atoms in total. The summed E-state index contributed by atoms with van der Waals surface area (Å²) in [6.07, 6.45) is 0. The van der Waals surface area contributed by atoms with Crippen LogP contribution in [0.2, 0.25) is 0 Å². The van der Waals surface area contributed by atoms with E-state index in [2.05, 4.69) is 16.0 Å². The molecule has 0 aliphatic carbocycles. The Balaban J connectivity index is 2.59. The SMILES string of the molecule is CCNCC(=O)Nc1cccc(NC(N)=O)c1. The number of hydrogen-bond acceptors (Lipinski definition) is 3. The number of carbonyl (C=O) groups excluding carboxylic acids is 2. The average molecular weight is 236 g/mol. The zero-order valence-electron chi connectivity index (χ0n) is 9.62. The van der Waals surface area contributed by atoms with Crippen molar-refractivity contribution in [3.8, 4) is 0 Å². The molecule has 6 heteroatoms. The lowest BCUT2D eigenvalue weighted by Gasteiger charge is -2.07. The average Bonchev–Trinajstić information content (AvgIpc) is 2.26. The molecule has 0 fully saturated rings. The molecule has 0 aliphatic rings. The number of nitrogens with one attached hydrogen (secondary N) is 3. The lowest BCUT2D eigenvalue weighted by Crippen LogP contribution is -2.27. The topological polar surface area (TPSA) is 96.2 Å². The van der Waals surface area contributed by atoms with Crippen molar-refractivity contribution in [3.63, 3.8) is 0 Å². The summed E-state index contributed by atoms with van der Waals surface area (Å²) in [6.45, 7) is 2.91. The molecule has 0 saturated heterocycles. The van der Waals surface area contributed by atoms with E-state index in [0.717, 1.165) is 6.54 Å². The predicted octanol–water partition coefficient (Wildman–Crippen LogP) is 0.725. The fourth-order valence-corrected chi connectivity index (χ4v) is 1.26. The van der Waals surface area contributed by atoms with Gasteiger partial charge in [0.15, 0.2) is 0 Å². The molecule has 0 heterocycles. The third-order valence-corrected chi connectivity index (χ3v) is 1.95. The van der Waals surface area contributed by atoms with Gasteiger partial charge in [-0.2, -0.15) is 0 Å². The van der Waals surface area contributed by atoms with Gasteiger partial charge in [-0.25, -0.2) is 4.79 Å². The van der Waals surface area contributed by atoms with Crippen LogP contribution >= 0.6 is 0 Å². The first-order valence-corrected chi connectivity index (χ1v) is 5.29. The van der Waals surface area contributed by atoms with Crippen molar-refractivity contribution in [2.24, 2.45) is 5.73 Å². The highest BCUT2D eigenvalue weighted by atomic mass is 16.2. The minimum Gasteiger partial charge on any atom is -0.351 e. The molecule has 92 valence electrons. The van der Waals surface area contributed by atoms with Crippen molar-refractivity contribution in [3.05, 3.63) is 24.3 Å². The third kappa shape index (κ3) is 4.98. The number of carbonyl (C=O) groups is 2. The van der Waals surface area contributed by atoms with Crippen molar-refractivity contribution < 1.29 is 9.59 Å². The molecule has 0 aromatic heterocycles. The minimum absolute atomic E-state index is 0.136. The van der Waals surface area contributed by atoms with E-state index < -0.39 is 6.03 Å². The fourth-order valence-electron chi connectivity index (χ4n) is 1.26. The maximum Gasteiger partial charge on any atom is 0.316 e. The van der Waals surface area contributed by atoms with Gasteiger partial charge in [-0.15, -0.1) is 0 Å². The van der Waals surface area contributed by atoms with E-state index in [9.17, 15) is 9.59 Å². The zero-order valence-corrected chi connectivity index (χ0v) is 9.62. The van der Waals surface area contributed by atoms with Gasteiger partial charge in [0.25, 0.3) is 0 Å². The zero-order chi connectivity index (χ0) is 12.7. The fraction of sp³-hybridized carbons (Fsp3) is 0.273. The molecular formula is C11H16N4O2. The second kappa shape index (κ2) is 6.49. The summed E-state index contributed by atoms with van der Waals surface area (Å²) >= 11 is 0. The van der Waals surface area contributed by atoms with Crippen molar-refractivity contribution in [2.75, 3.05) is 23.7 Å². The summed E-state index contributed by atoms with van der Waals surface area (Å²) in [5.74, 6) is -0.136. The van der Waals surface area contributed by atoms with E-state index in [1.54, 1.807) is 24.3 Å². The first kappa shape index (κ1) is 13.0. The molecular weight excluding hydrogens is 220 g/mol. The number of primary amides is 1. The Morgan fingerprint density at radius 3 is 2.47 bits per heavy atom. The molecule has 0 saturated carbocycles. The Hall–Kier alpha value is -2.08. The molecule has 0 bridgehead atoms. The quantitative estimate of drug-likeness (QED) is 0.606. The van der Waals surface area contributed by atoms with Crippen LogP contribution < -0.4 is 21.7 Å². The molecule has 0 radical (unpaired) electrons. The number of likely N-dealkylation sites (N-methyl/N-ethyl adjacent to an activating group) is 1. The van der Waals surface area contributed by atoms with Crippen molar-refractivity contribution >= 4 is 23.3 Å². The predicted molar refractivity (Wildman–Crippen MR) is 66.8 cm³/mol. The molecule has 5 N–H and O–H groups in total. The van der Waals surface area contributed by atoms with E-state index in [1.165, 1.54) is 0 Å². The maximum absolute atomic E-state index is 11.4. The number of amides is 3. The molecule has 3 amide bonds. The van der Waals surface area contributed by atoms with E-state index in [-0.39, 0.29) is 12.5 Å². The monoisotopic (exact) mass is 236 g/mol. The van der Waals surface area contributed by atoms with Gasteiger partial charge >= 0.3 is 6.03 Å². The standard InChI is InChI=1S/C11H16N4O2/c1-2-13-7-10(16)14-8-4-3-5-9(6-8)15-11(12)17/h3-6,13H,2,7H2,1H3,(H,14,16)(H3,12,15,17). The van der Waals surface area contributed by atoms with Gasteiger partial charge in [0.2, 0.25) is 5.91 Å². The Morgan fingerprint density at radius 2 is 1.88 bits per heavy atom. The van der Waals surface area contributed by atoms with Crippen LogP contribution in [0.1, 0.15) is 6.92 Å². The highest BCUT2D eigenvalue weighted by molar-refractivity contribution is 5.94. The lowest BCUT2D eigenvalue weighted by molar-refractivity contribution is -0.115. The number of hydrogen-bond donors (Lipinski definition) is 4. The van der Waals surface area contributed by atoms with Crippen molar-refractivity contribution in [1.82, 2.24) is 5.32 Å². The van der Waals surface area contributed by atoms with Crippen LogP contribution in [0.15, 0.2) is 24.3 Å². The molecule has 1 rings (SSSR count). The Kier molecular flexibility index (Phi) is 4.96. The highest BCUT2D eigenvalue weighted by Gasteiger charge is 2.02. The molecule has 0 spiro atoms. The molecule has 1 aromatic rings. The Labute approximate surface area is 99.6 Å². The summed E-state index contributed by atoms with van der Waals surface area (Å²) in [5.41, 5.74) is 6.14. The van der Waals surface area contributed by atoms with E-state index in [1.807, 2.05) is 6.92 Å². The van der Waals surface area contributed by atoms with Crippen molar-refractivity contribution in [2.45, 2.75) is 6.92 Å². The smallest absolute Gasteiger partial charge is 0.316 e. The van der Waals surface area contributed by atoms with Gasteiger partial charge in [-0.05, 0) is 24.7 Å². The number of nitrogens with two attached hydrogens (primary N) is 1. The van der Waals surface area contributed by atoms with Gasteiger partial charge in [-0.1, -0.05) is 13.0 Å². The van der Waals surface area contributed by atoms with Crippen LogP contribution in [0.5, 0.6) is 0 Å². The highest BCUT2D eigenvalue weighted by Crippen LogP contribution is 2.14. The normalized spacial score (nSPS) is 9.71. The lowest BCUT2D eigenvalue weighted by atomic mass is 10.2. The second-order valence-electron chi connectivity index (χ2n) is 3.40. The summed E-state index contributed by atoms with van der Waals surface area (Å²) in [6, 6.07) is 6.13. The molecule has 17 heavy (non-hydrogen) atoms. The first-order chi connectivity index (χ1) is 8.11. The maximum atomic E-state index is 11.4. The summed E-state index contributed by atoms with van der Waals surface area (Å²) in [5, 5.41) is 8.04. The number of urea groups is 1. The second-order valence-corrected chi connectivity index (χ2v) is 3.40. The molecule has 0 unspecified atom stereocenters. The van der Waals surface area contributed by atoms with Gasteiger partial charge in [0.05, 0.1) is 6.54 Å². The van der Waals surface area contributed by atoms with Crippen molar-refractivity contribution in [1.29, 1.82) is 0 Å². The number of rotatable bonds is 5. The van der Waals surface area contributed by atoms with Crippen LogP contribution in [0.25, 0.3) is 0 Å². The van der Waals surface area contributed by atoms with Gasteiger partial charge in [0.1, 0.15) is 0 Å². The Bertz CT molecular complexity index is 406. The summed E-state index contributed by atoms with van der Waals surface area (Å²) in [7, 11) is 0. The van der Waals surface area contributed by atoms with Gasteiger partial charge in [-0.3, -0.25) is 4.79 Å². The number of benzene rings is 1. The molecule has 1 aromatic carbocycles. The largest absolute Gasteiger partial charge is 0.351 e. The van der Waals surface area contributed by atoms with Gasteiger partial charge in [0, 0.05) is 11.4 Å². The molecule has 0 aliphatic heterocycles. The third-order valence-electron chi connectivity index (χ3n) is 1.95. The van der Waals surface area contributed by atoms with E-state index in [0.29, 0.717) is 11.4 Å². The van der Waals surface area contributed by atoms with Crippen LogP contribution in [0.4, 0.5) is 16.2 Å². The van der Waals surface area contributed by atoms with Crippen LogP contribution in [0.3, 0.4) is 0 Å². The summed E-state index contributed by atoms with van der Waals surface area (Å²) < 4.78 is 0.